The van der Waals surface area contributed by atoms with Gasteiger partial charge in [-0.1, -0.05) is 48.5 Å². The van der Waals surface area contributed by atoms with Crippen LogP contribution in [-0.2, 0) is 11.2 Å². The Morgan fingerprint density at radius 2 is 1.53 bits per heavy atom. The lowest BCUT2D eigenvalue weighted by atomic mass is 9.69. The van der Waals surface area contributed by atoms with Crippen molar-refractivity contribution in [3.63, 3.8) is 0 Å². The van der Waals surface area contributed by atoms with Crippen molar-refractivity contribution >= 4 is 11.8 Å². The van der Waals surface area contributed by atoms with Gasteiger partial charge in [0.15, 0.2) is 0 Å². The Morgan fingerprint density at radius 3 is 2.21 bits per heavy atom. The molecule has 2 aliphatic heterocycles. The number of anilines is 1. The molecule has 2 atom stereocenters. The molecule has 6 rings (SSSR count). The largest absolute Gasteiger partial charge is 0.508 e. The van der Waals surface area contributed by atoms with Crippen LogP contribution in [0.25, 0.3) is 0 Å². The van der Waals surface area contributed by atoms with E-state index >= 15 is 0 Å². The van der Waals surface area contributed by atoms with E-state index in [2.05, 4.69) is 70.5 Å². The third kappa shape index (κ3) is 7.01. The third-order valence-electron chi connectivity index (χ3n) is 9.59. The number of benzene rings is 3. The van der Waals surface area contributed by atoms with E-state index in [4.69, 9.17) is 4.74 Å². The molecule has 0 spiro atoms. The fourth-order valence-electron chi connectivity index (χ4n) is 7.35. The molecule has 0 radical (unpaired) electrons. The molecule has 0 unspecified atom stereocenters. The number of fused-ring (bicyclic) bond motifs is 1. The number of phenolic OH excluding ortho intramolecular Hbond substituents is 1. The summed E-state index contributed by atoms with van der Waals surface area (Å²) >= 11 is 0. The molecule has 6 nitrogen and oxygen atoms in total. The first-order valence-electron chi connectivity index (χ1n) is 16.2. The summed E-state index contributed by atoms with van der Waals surface area (Å²) in [5.74, 6) is 1.70. The first-order valence-corrected chi connectivity index (χ1v) is 16.2. The number of ether oxygens (including phenoxy) is 1. The Balaban J connectivity index is 1.06. The van der Waals surface area contributed by atoms with E-state index in [1.54, 1.807) is 0 Å². The number of aryl methyl sites for hydroxylation is 1. The zero-order valence-corrected chi connectivity index (χ0v) is 26.0. The van der Waals surface area contributed by atoms with Gasteiger partial charge in [-0.3, -0.25) is 4.90 Å². The van der Waals surface area contributed by atoms with E-state index in [0.717, 1.165) is 71.5 Å². The van der Waals surface area contributed by atoms with Gasteiger partial charge in [0.1, 0.15) is 11.4 Å². The van der Waals surface area contributed by atoms with Gasteiger partial charge in [-0.05, 0) is 105 Å². The summed E-state index contributed by atoms with van der Waals surface area (Å²) < 4.78 is 5.57. The quantitative estimate of drug-likeness (QED) is 0.351. The van der Waals surface area contributed by atoms with Crippen LogP contribution < -0.4 is 4.90 Å². The van der Waals surface area contributed by atoms with Crippen molar-refractivity contribution in [1.29, 1.82) is 0 Å². The average Bonchev–Trinajstić information content (AvgIpc) is 3.01. The molecule has 43 heavy (non-hydrogen) atoms. The summed E-state index contributed by atoms with van der Waals surface area (Å²) in [7, 11) is 0. The summed E-state index contributed by atoms with van der Waals surface area (Å²) in [6.07, 6.45) is 4.00. The molecular formula is C37H47N3O3. The smallest absolute Gasteiger partial charge is 0.410 e. The first kappa shape index (κ1) is 29.6. The third-order valence-corrected chi connectivity index (χ3v) is 9.59. The van der Waals surface area contributed by atoms with Crippen molar-refractivity contribution in [2.45, 2.75) is 63.9 Å². The van der Waals surface area contributed by atoms with Crippen LogP contribution in [0.5, 0.6) is 5.75 Å². The number of phenols is 1. The molecule has 3 aromatic carbocycles. The number of rotatable bonds is 5. The van der Waals surface area contributed by atoms with Crippen molar-refractivity contribution in [2.24, 2.45) is 5.92 Å². The van der Waals surface area contributed by atoms with Crippen LogP contribution in [0.1, 0.15) is 74.1 Å². The molecule has 2 fully saturated rings. The maximum Gasteiger partial charge on any atom is 0.410 e. The Hall–Kier alpha value is -3.51. The predicted octanol–water partition coefficient (Wildman–Crippen LogP) is 7.02. The lowest BCUT2D eigenvalue weighted by Crippen LogP contribution is -2.49. The number of carbonyl (C=O) groups is 1. The topological polar surface area (TPSA) is 56.2 Å². The molecule has 6 heteroatoms. The zero-order chi connectivity index (χ0) is 30.0. The summed E-state index contributed by atoms with van der Waals surface area (Å²) in [5, 5.41) is 10.2. The molecule has 1 N–H and O–H groups in total. The summed E-state index contributed by atoms with van der Waals surface area (Å²) in [5.41, 5.74) is 6.21. The highest BCUT2D eigenvalue weighted by atomic mass is 16.6. The second-order valence-corrected chi connectivity index (χ2v) is 13.7. The van der Waals surface area contributed by atoms with Crippen LogP contribution in [0.3, 0.4) is 0 Å². The molecule has 0 bridgehead atoms. The van der Waals surface area contributed by atoms with Crippen LogP contribution in [0, 0.1) is 5.92 Å². The van der Waals surface area contributed by atoms with E-state index in [9.17, 15) is 9.90 Å². The number of piperazine rings is 1. The highest BCUT2D eigenvalue weighted by molar-refractivity contribution is 5.68. The van der Waals surface area contributed by atoms with Gasteiger partial charge >= 0.3 is 6.09 Å². The Morgan fingerprint density at radius 1 is 0.837 bits per heavy atom. The van der Waals surface area contributed by atoms with Crippen LogP contribution >= 0.6 is 0 Å². The van der Waals surface area contributed by atoms with Crippen molar-refractivity contribution in [1.82, 2.24) is 9.80 Å². The van der Waals surface area contributed by atoms with Gasteiger partial charge in [-0.25, -0.2) is 4.79 Å². The number of amides is 1. The van der Waals surface area contributed by atoms with Crippen molar-refractivity contribution in [2.75, 3.05) is 50.7 Å². The standard InChI is InChI=1S/C37H47N3O3/c1-37(2,3)43-36(42)40-19-17-27(18-20-40)26-38-21-23-39(24-22-38)31-12-9-29(10-13-31)35-33(28-7-5-4-6-8-28)15-11-30-25-32(41)14-16-34(30)35/h4-10,12-14,16,25,27,33,35,41H,11,15,17-24,26H2,1-3H3/t33-,35+/m1/s1. The summed E-state index contributed by atoms with van der Waals surface area (Å²) in [6.45, 7) is 12.7. The highest BCUT2D eigenvalue weighted by Crippen LogP contribution is 2.47. The van der Waals surface area contributed by atoms with Crippen molar-refractivity contribution in [3.05, 3.63) is 95.1 Å². The monoisotopic (exact) mass is 581 g/mol. The van der Waals surface area contributed by atoms with Gasteiger partial charge < -0.3 is 19.6 Å². The molecule has 2 saturated heterocycles. The number of likely N-dealkylation sites (tertiary alicyclic amines) is 1. The van der Waals surface area contributed by atoms with Crippen LogP contribution in [0.4, 0.5) is 10.5 Å². The van der Waals surface area contributed by atoms with Gasteiger partial charge in [0.2, 0.25) is 0 Å². The second kappa shape index (κ2) is 12.6. The van der Waals surface area contributed by atoms with E-state index in [1.165, 1.54) is 27.9 Å². The number of aromatic hydroxyl groups is 1. The van der Waals surface area contributed by atoms with Gasteiger partial charge in [-0.2, -0.15) is 0 Å². The number of hydrogen-bond acceptors (Lipinski definition) is 5. The normalized spacial score (nSPS) is 21.8. The minimum absolute atomic E-state index is 0.173. The highest BCUT2D eigenvalue weighted by Gasteiger charge is 2.33. The number of carbonyl (C=O) groups excluding carboxylic acids is 1. The maximum atomic E-state index is 12.4. The van der Waals surface area contributed by atoms with E-state index < -0.39 is 5.60 Å². The molecule has 2 heterocycles. The van der Waals surface area contributed by atoms with Gasteiger partial charge in [0.05, 0.1) is 0 Å². The average molecular weight is 582 g/mol. The fourth-order valence-corrected chi connectivity index (χ4v) is 7.35. The van der Waals surface area contributed by atoms with Gasteiger partial charge in [0.25, 0.3) is 0 Å². The lowest BCUT2D eigenvalue weighted by molar-refractivity contribution is 0.0169. The van der Waals surface area contributed by atoms with Crippen LogP contribution in [0.2, 0.25) is 0 Å². The number of hydrogen-bond donors (Lipinski definition) is 1. The Bertz CT molecular complexity index is 1370. The first-order chi connectivity index (χ1) is 20.7. The molecule has 3 aromatic rings. The molecule has 1 amide bonds. The molecule has 3 aliphatic rings. The van der Waals surface area contributed by atoms with Crippen molar-refractivity contribution < 1.29 is 14.6 Å². The molecule has 228 valence electrons. The number of nitrogens with zero attached hydrogens (tertiary/aromatic N) is 3. The zero-order valence-electron chi connectivity index (χ0n) is 26.0. The SMILES string of the molecule is CC(C)(C)OC(=O)N1CCC(CN2CCN(c3ccc([C@@H]4c5ccc(O)cc5CC[C@@H]4c4ccccc4)cc3)CC2)CC1. The Labute approximate surface area is 257 Å². The summed E-state index contributed by atoms with van der Waals surface area (Å²) in [6, 6.07) is 26.2. The molecule has 0 aromatic heterocycles. The van der Waals surface area contributed by atoms with Gasteiger partial charge in [-0.15, -0.1) is 0 Å². The Kier molecular flexibility index (Phi) is 8.67. The fraction of sp³-hybridized carbons (Fsp3) is 0.486. The van der Waals surface area contributed by atoms with Crippen LogP contribution in [0.15, 0.2) is 72.8 Å². The molecule has 0 saturated carbocycles. The maximum absolute atomic E-state index is 12.4. The summed E-state index contributed by atoms with van der Waals surface area (Å²) in [4.78, 5) is 19.4. The molecular weight excluding hydrogens is 534 g/mol. The van der Waals surface area contributed by atoms with Crippen LogP contribution in [-0.4, -0.2) is 72.4 Å². The second-order valence-electron chi connectivity index (χ2n) is 13.7. The van der Waals surface area contributed by atoms with E-state index in [0.29, 0.717) is 17.6 Å². The van der Waals surface area contributed by atoms with E-state index in [-0.39, 0.29) is 12.0 Å². The minimum Gasteiger partial charge on any atom is -0.508 e. The number of piperidine rings is 1. The van der Waals surface area contributed by atoms with E-state index in [1.807, 2.05) is 37.8 Å². The minimum atomic E-state index is -0.440. The van der Waals surface area contributed by atoms with Gasteiger partial charge in [0, 0.05) is 57.4 Å². The predicted molar refractivity (Wildman–Crippen MR) is 173 cm³/mol. The molecule has 1 aliphatic carbocycles. The lowest BCUT2D eigenvalue weighted by Gasteiger charge is -2.40. The van der Waals surface area contributed by atoms with Crippen molar-refractivity contribution in [3.8, 4) is 5.75 Å².